The summed E-state index contributed by atoms with van der Waals surface area (Å²) in [6.45, 7) is 3.60. The molecule has 0 bridgehead atoms. The first-order chi connectivity index (χ1) is 8.49. The summed E-state index contributed by atoms with van der Waals surface area (Å²) in [5.74, 6) is 0.0257. The number of rotatable bonds is 6. The SMILES string of the molecule is CCC(CC)(CO)Nc1ncnc(Cl)c1[N+](=O)[O-]. The second-order valence-electron chi connectivity index (χ2n) is 3.89. The van der Waals surface area contributed by atoms with Crippen LogP contribution in [-0.2, 0) is 0 Å². The normalized spacial score (nSPS) is 11.3. The van der Waals surface area contributed by atoms with Crippen molar-refractivity contribution in [1.82, 2.24) is 9.97 Å². The summed E-state index contributed by atoms with van der Waals surface area (Å²) in [7, 11) is 0. The summed E-state index contributed by atoms with van der Waals surface area (Å²) in [4.78, 5) is 17.7. The molecule has 0 radical (unpaired) electrons. The Kier molecular flexibility index (Phi) is 4.80. The Hall–Kier alpha value is -1.47. The third kappa shape index (κ3) is 2.85. The molecule has 1 aromatic rings. The van der Waals surface area contributed by atoms with Gasteiger partial charge in [0.05, 0.1) is 17.1 Å². The van der Waals surface area contributed by atoms with Gasteiger partial charge in [-0.3, -0.25) is 10.1 Å². The van der Waals surface area contributed by atoms with Gasteiger partial charge in [0.1, 0.15) is 6.33 Å². The van der Waals surface area contributed by atoms with Crippen molar-refractivity contribution in [3.8, 4) is 0 Å². The molecular formula is C10H15ClN4O3. The van der Waals surface area contributed by atoms with E-state index < -0.39 is 10.5 Å². The summed E-state index contributed by atoms with van der Waals surface area (Å²) in [6, 6.07) is 0. The third-order valence-corrected chi connectivity index (χ3v) is 3.28. The van der Waals surface area contributed by atoms with Crippen LogP contribution in [-0.4, -0.2) is 32.1 Å². The van der Waals surface area contributed by atoms with Gasteiger partial charge in [0.25, 0.3) is 0 Å². The van der Waals surface area contributed by atoms with E-state index in [1.807, 2.05) is 13.8 Å². The van der Waals surface area contributed by atoms with Crippen LogP contribution < -0.4 is 5.32 Å². The summed E-state index contributed by atoms with van der Waals surface area (Å²) < 4.78 is 0. The van der Waals surface area contributed by atoms with Crippen molar-refractivity contribution in [3.63, 3.8) is 0 Å². The van der Waals surface area contributed by atoms with Gasteiger partial charge in [-0.15, -0.1) is 0 Å². The van der Waals surface area contributed by atoms with E-state index >= 15 is 0 Å². The van der Waals surface area contributed by atoms with Crippen LogP contribution in [0.25, 0.3) is 0 Å². The van der Waals surface area contributed by atoms with Crippen LogP contribution in [0.1, 0.15) is 26.7 Å². The molecule has 0 spiro atoms. The van der Waals surface area contributed by atoms with Crippen LogP contribution in [0.2, 0.25) is 5.15 Å². The minimum absolute atomic E-state index is 0.0257. The Morgan fingerprint density at radius 1 is 1.50 bits per heavy atom. The Morgan fingerprint density at radius 3 is 2.56 bits per heavy atom. The molecule has 7 nitrogen and oxygen atoms in total. The Labute approximate surface area is 109 Å². The fourth-order valence-electron chi connectivity index (χ4n) is 1.55. The van der Waals surface area contributed by atoms with Crippen LogP contribution in [0, 0.1) is 10.1 Å². The summed E-state index contributed by atoms with van der Waals surface area (Å²) in [6.07, 6.45) is 2.34. The number of aromatic nitrogens is 2. The van der Waals surface area contributed by atoms with Crippen LogP contribution in [0.5, 0.6) is 0 Å². The number of nitrogens with zero attached hydrogens (tertiary/aromatic N) is 3. The van der Waals surface area contributed by atoms with Gasteiger partial charge in [0.15, 0.2) is 0 Å². The lowest BCUT2D eigenvalue weighted by Gasteiger charge is -2.30. The molecule has 8 heteroatoms. The number of halogens is 1. The number of nitrogens with one attached hydrogen (secondary N) is 1. The zero-order valence-corrected chi connectivity index (χ0v) is 10.9. The monoisotopic (exact) mass is 274 g/mol. The van der Waals surface area contributed by atoms with E-state index in [9.17, 15) is 15.2 Å². The van der Waals surface area contributed by atoms with Gasteiger partial charge in [-0.2, -0.15) is 0 Å². The van der Waals surface area contributed by atoms with Gasteiger partial charge < -0.3 is 10.4 Å². The fourth-order valence-corrected chi connectivity index (χ4v) is 1.75. The highest BCUT2D eigenvalue weighted by Gasteiger charge is 2.30. The minimum Gasteiger partial charge on any atom is -0.394 e. The average Bonchev–Trinajstić information content (AvgIpc) is 2.35. The molecule has 0 aliphatic heterocycles. The van der Waals surface area contributed by atoms with Gasteiger partial charge in [-0.25, -0.2) is 9.97 Å². The first kappa shape index (κ1) is 14.6. The molecule has 1 rings (SSSR count). The number of nitro groups is 1. The standard InChI is InChI=1S/C10H15ClN4O3/c1-3-10(4-2,5-16)14-9-7(15(17)18)8(11)12-6-13-9/h6,16H,3-5H2,1-2H3,(H,12,13,14). The lowest BCUT2D eigenvalue weighted by Crippen LogP contribution is -2.41. The van der Waals surface area contributed by atoms with Crippen molar-refractivity contribution < 1.29 is 10.0 Å². The largest absolute Gasteiger partial charge is 0.394 e. The van der Waals surface area contributed by atoms with Crippen LogP contribution in [0.3, 0.4) is 0 Å². The predicted molar refractivity (Wildman–Crippen MR) is 67.7 cm³/mol. The Morgan fingerprint density at radius 2 is 2.11 bits per heavy atom. The van der Waals surface area contributed by atoms with Crippen molar-refractivity contribution >= 4 is 23.1 Å². The van der Waals surface area contributed by atoms with Gasteiger partial charge in [0.2, 0.25) is 11.0 Å². The van der Waals surface area contributed by atoms with E-state index in [-0.39, 0.29) is 23.3 Å². The van der Waals surface area contributed by atoms with Crippen molar-refractivity contribution in [3.05, 3.63) is 21.6 Å². The van der Waals surface area contributed by atoms with Crippen molar-refractivity contribution in [2.75, 3.05) is 11.9 Å². The first-order valence-electron chi connectivity index (χ1n) is 5.53. The van der Waals surface area contributed by atoms with Crippen LogP contribution in [0.4, 0.5) is 11.5 Å². The third-order valence-electron chi connectivity index (χ3n) is 3.00. The van der Waals surface area contributed by atoms with Gasteiger partial charge >= 0.3 is 5.69 Å². The van der Waals surface area contributed by atoms with E-state index in [4.69, 9.17) is 11.6 Å². The molecule has 0 aromatic carbocycles. The summed E-state index contributed by atoms with van der Waals surface area (Å²) in [5.41, 5.74) is -1.03. The maximum absolute atomic E-state index is 10.9. The van der Waals surface area contributed by atoms with Crippen molar-refractivity contribution in [2.45, 2.75) is 32.2 Å². The molecule has 0 fully saturated rings. The quantitative estimate of drug-likeness (QED) is 0.467. The van der Waals surface area contributed by atoms with Crippen LogP contribution >= 0.6 is 11.6 Å². The summed E-state index contributed by atoms with van der Waals surface area (Å²) in [5, 5.41) is 23.0. The number of aliphatic hydroxyl groups is 1. The fraction of sp³-hybridized carbons (Fsp3) is 0.600. The molecule has 0 aliphatic rings. The van der Waals surface area contributed by atoms with Gasteiger partial charge in [-0.05, 0) is 12.8 Å². The van der Waals surface area contributed by atoms with E-state index in [1.54, 1.807) is 0 Å². The molecular weight excluding hydrogens is 260 g/mol. The number of hydrogen-bond donors (Lipinski definition) is 2. The molecule has 0 saturated carbocycles. The average molecular weight is 275 g/mol. The van der Waals surface area contributed by atoms with E-state index in [1.165, 1.54) is 0 Å². The Balaban J connectivity index is 3.18. The predicted octanol–water partition coefficient (Wildman–Crippen LogP) is 2.00. The van der Waals surface area contributed by atoms with Crippen molar-refractivity contribution in [2.24, 2.45) is 0 Å². The molecule has 0 amide bonds. The van der Waals surface area contributed by atoms with Gasteiger partial charge in [-0.1, -0.05) is 25.4 Å². The number of aliphatic hydroxyl groups excluding tert-OH is 1. The highest BCUT2D eigenvalue weighted by molar-refractivity contribution is 6.31. The first-order valence-corrected chi connectivity index (χ1v) is 5.91. The highest BCUT2D eigenvalue weighted by atomic mass is 35.5. The zero-order valence-electron chi connectivity index (χ0n) is 10.2. The molecule has 18 heavy (non-hydrogen) atoms. The van der Waals surface area contributed by atoms with Gasteiger partial charge in [0, 0.05) is 0 Å². The maximum atomic E-state index is 10.9. The van der Waals surface area contributed by atoms with E-state index in [0.29, 0.717) is 12.8 Å². The zero-order chi connectivity index (χ0) is 13.8. The second kappa shape index (κ2) is 5.92. The molecule has 1 heterocycles. The maximum Gasteiger partial charge on any atom is 0.348 e. The highest BCUT2D eigenvalue weighted by Crippen LogP contribution is 2.31. The smallest absolute Gasteiger partial charge is 0.348 e. The van der Waals surface area contributed by atoms with Crippen molar-refractivity contribution in [1.29, 1.82) is 0 Å². The Bertz CT molecular complexity index is 429. The molecule has 0 atom stereocenters. The molecule has 0 saturated heterocycles. The molecule has 1 aromatic heterocycles. The lowest BCUT2D eigenvalue weighted by molar-refractivity contribution is -0.384. The number of hydrogen-bond acceptors (Lipinski definition) is 6. The molecule has 100 valence electrons. The molecule has 2 N–H and O–H groups in total. The topological polar surface area (TPSA) is 101 Å². The van der Waals surface area contributed by atoms with E-state index in [2.05, 4.69) is 15.3 Å². The second-order valence-corrected chi connectivity index (χ2v) is 4.25. The molecule has 0 aliphatic carbocycles. The van der Waals surface area contributed by atoms with E-state index in [0.717, 1.165) is 6.33 Å². The number of anilines is 1. The molecule has 0 unspecified atom stereocenters. The van der Waals surface area contributed by atoms with Crippen LogP contribution in [0.15, 0.2) is 6.33 Å². The summed E-state index contributed by atoms with van der Waals surface area (Å²) >= 11 is 5.69. The lowest BCUT2D eigenvalue weighted by atomic mass is 9.94. The minimum atomic E-state index is -0.650.